The van der Waals surface area contributed by atoms with Crippen molar-refractivity contribution < 1.29 is 9.66 Å². The van der Waals surface area contributed by atoms with Crippen LogP contribution in [-0.2, 0) is 0 Å². The van der Waals surface area contributed by atoms with Crippen molar-refractivity contribution in [1.29, 1.82) is 0 Å². The van der Waals surface area contributed by atoms with Crippen molar-refractivity contribution in [2.24, 2.45) is 0 Å². The summed E-state index contributed by atoms with van der Waals surface area (Å²) in [7, 11) is 1.39. The van der Waals surface area contributed by atoms with E-state index in [1.165, 1.54) is 13.2 Å². The standard InChI is InChI=1S/C15H15N3O3S/c1-10-8-13(18(19)20)14(21-2)9-12(10)17-15(22)16-11-6-4-3-5-7-11/h3-9H,1-2H3,(H2,16,17,22). The molecule has 0 heterocycles. The van der Waals surface area contributed by atoms with Gasteiger partial charge in [-0.25, -0.2) is 0 Å². The first kappa shape index (κ1) is 15.7. The molecule has 0 saturated heterocycles. The van der Waals surface area contributed by atoms with Gasteiger partial charge in [-0.05, 0) is 36.8 Å². The zero-order chi connectivity index (χ0) is 16.1. The maximum Gasteiger partial charge on any atom is 0.311 e. The Morgan fingerprint density at radius 3 is 2.50 bits per heavy atom. The molecule has 0 aliphatic carbocycles. The molecule has 114 valence electrons. The Bertz CT molecular complexity index is 705. The van der Waals surface area contributed by atoms with Gasteiger partial charge in [0.1, 0.15) is 0 Å². The van der Waals surface area contributed by atoms with Crippen molar-refractivity contribution in [2.75, 3.05) is 17.7 Å². The summed E-state index contributed by atoms with van der Waals surface area (Å²) in [5.74, 6) is 0.181. The summed E-state index contributed by atoms with van der Waals surface area (Å²) < 4.78 is 5.06. The number of rotatable bonds is 4. The number of anilines is 2. The molecule has 0 aliphatic rings. The fourth-order valence-corrected chi connectivity index (χ4v) is 2.15. The minimum atomic E-state index is -0.476. The Hall–Kier alpha value is -2.67. The van der Waals surface area contributed by atoms with Crippen LogP contribution >= 0.6 is 12.2 Å². The monoisotopic (exact) mass is 317 g/mol. The van der Waals surface area contributed by atoms with Gasteiger partial charge in [-0.15, -0.1) is 0 Å². The number of para-hydroxylation sites is 1. The number of nitro benzene ring substituents is 1. The number of nitrogens with one attached hydrogen (secondary N) is 2. The first-order valence-corrected chi connectivity index (χ1v) is 6.88. The second kappa shape index (κ2) is 6.86. The first-order chi connectivity index (χ1) is 10.5. The van der Waals surface area contributed by atoms with Crippen LogP contribution in [-0.4, -0.2) is 17.1 Å². The van der Waals surface area contributed by atoms with Crippen LogP contribution in [0.5, 0.6) is 5.75 Å². The van der Waals surface area contributed by atoms with Gasteiger partial charge in [-0.1, -0.05) is 18.2 Å². The minimum Gasteiger partial charge on any atom is -0.490 e. The number of nitrogens with zero attached hydrogens (tertiary/aromatic N) is 1. The van der Waals surface area contributed by atoms with Gasteiger partial charge in [0.2, 0.25) is 0 Å². The first-order valence-electron chi connectivity index (χ1n) is 6.47. The van der Waals surface area contributed by atoms with Gasteiger partial charge < -0.3 is 15.4 Å². The van der Waals surface area contributed by atoms with Crippen LogP contribution in [0.3, 0.4) is 0 Å². The summed E-state index contributed by atoms with van der Waals surface area (Å²) in [4.78, 5) is 10.5. The van der Waals surface area contributed by atoms with E-state index < -0.39 is 4.92 Å². The van der Waals surface area contributed by atoms with Crippen molar-refractivity contribution in [3.8, 4) is 5.75 Å². The van der Waals surface area contributed by atoms with Crippen LogP contribution < -0.4 is 15.4 Å². The van der Waals surface area contributed by atoms with Crippen LogP contribution in [0.15, 0.2) is 42.5 Å². The van der Waals surface area contributed by atoms with Gasteiger partial charge in [0.15, 0.2) is 10.9 Å². The van der Waals surface area contributed by atoms with E-state index in [2.05, 4.69) is 10.6 Å². The number of aryl methyl sites for hydroxylation is 1. The molecule has 0 atom stereocenters. The number of benzene rings is 2. The summed E-state index contributed by atoms with van der Waals surface area (Å²) in [6, 6.07) is 12.5. The lowest BCUT2D eigenvalue weighted by molar-refractivity contribution is -0.385. The number of thiocarbonyl (C=S) groups is 1. The average molecular weight is 317 g/mol. The maximum atomic E-state index is 11.0. The SMILES string of the molecule is COc1cc(NC(=S)Nc2ccccc2)c(C)cc1[N+](=O)[O-]. The molecule has 0 unspecified atom stereocenters. The summed E-state index contributed by atoms with van der Waals surface area (Å²) in [6.45, 7) is 1.76. The minimum absolute atomic E-state index is 0.0764. The van der Waals surface area contributed by atoms with Crippen LogP contribution in [0.1, 0.15) is 5.56 Å². The second-order valence-electron chi connectivity index (χ2n) is 4.54. The number of hydrogen-bond acceptors (Lipinski definition) is 4. The van der Waals surface area contributed by atoms with Gasteiger partial charge in [0.05, 0.1) is 12.0 Å². The number of ether oxygens (including phenoxy) is 1. The number of methoxy groups -OCH3 is 1. The highest BCUT2D eigenvalue weighted by molar-refractivity contribution is 7.80. The Balaban J connectivity index is 2.19. The third-order valence-corrected chi connectivity index (χ3v) is 3.21. The molecule has 2 N–H and O–H groups in total. The van der Waals surface area contributed by atoms with E-state index in [1.54, 1.807) is 13.0 Å². The summed E-state index contributed by atoms with van der Waals surface area (Å²) in [5, 5.41) is 17.4. The second-order valence-corrected chi connectivity index (χ2v) is 4.95. The lowest BCUT2D eigenvalue weighted by Crippen LogP contribution is -2.19. The van der Waals surface area contributed by atoms with Crippen molar-refractivity contribution in [3.63, 3.8) is 0 Å². The molecule has 0 radical (unpaired) electrons. The summed E-state index contributed by atoms with van der Waals surface area (Å²) >= 11 is 5.24. The van der Waals surface area contributed by atoms with Crippen LogP contribution in [0, 0.1) is 17.0 Å². The highest BCUT2D eigenvalue weighted by atomic mass is 32.1. The zero-order valence-corrected chi connectivity index (χ0v) is 12.9. The zero-order valence-electron chi connectivity index (χ0n) is 12.1. The largest absolute Gasteiger partial charge is 0.490 e. The molecule has 6 nitrogen and oxygen atoms in total. The molecular weight excluding hydrogens is 302 g/mol. The van der Waals surface area contributed by atoms with E-state index in [0.29, 0.717) is 16.4 Å². The molecule has 2 aromatic carbocycles. The lowest BCUT2D eigenvalue weighted by atomic mass is 10.1. The Labute approximate surface area is 133 Å². The third kappa shape index (κ3) is 3.70. The van der Waals surface area contributed by atoms with Gasteiger partial charge in [0.25, 0.3) is 0 Å². The summed E-state index contributed by atoms with van der Waals surface area (Å²) in [5.41, 5.74) is 2.12. The van der Waals surface area contributed by atoms with Crippen molar-refractivity contribution in [3.05, 3.63) is 58.1 Å². The average Bonchev–Trinajstić information content (AvgIpc) is 2.49. The van der Waals surface area contributed by atoms with Crippen LogP contribution in [0.2, 0.25) is 0 Å². The van der Waals surface area contributed by atoms with E-state index in [1.807, 2.05) is 30.3 Å². The topological polar surface area (TPSA) is 76.4 Å². The third-order valence-electron chi connectivity index (χ3n) is 3.00. The molecule has 0 aromatic heterocycles. The molecule has 7 heteroatoms. The van der Waals surface area contributed by atoms with Gasteiger partial charge in [0, 0.05) is 23.5 Å². The van der Waals surface area contributed by atoms with E-state index in [0.717, 1.165) is 5.69 Å². The normalized spacial score (nSPS) is 9.91. The number of hydrogen-bond donors (Lipinski definition) is 2. The van der Waals surface area contributed by atoms with Gasteiger partial charge in [-0.2, -0.15) is 0 Å². The quantitative estimate of drug-likeness (QED) is 0.508. The molecule has 0 saturated carbocycles. The smallest absolute Gasteiger partial charge is 0.311 e. The van der Waals surface area contributed by atoms with E-state index >= 15 is 0 Å². The van der Waals surface area contributed by atoms with Crippen molar-refractivity contribution in [1.82, 2.24) is 0 Å². The highest BCUT2D eigenvalue weighted by Crippen LogP contribution is 2.32. The molecule has 0 bridgehead atoms. The van der Waals surface area contributed by atoms with Crippen LogP contribution in [0.4, 0.5) is 17.1 Å². The molecule has 22 heavy (non-hydrogen) atoms. The molecular formula is C15H15N3O3S. The predicted octanol–water partition coefficient (Wildman–Crippen LogP) is 3.72. The highest BCUT2D eigenvalue weighted by Gasteiger charge is 2.17. The van der Waals surface area contributed by atoms with E-state index in [4.69, 9.17) is 17.0 Å². The molecule has 0 spiro atoms. The van der Waals surface area contributed by atoms with Gasteiger partial charge in [-0.3, -0.25) is 10.1 Å². The molecule has 2 rings (SSSR count). The molecule has 0 aliphatic heterocycles. The summed E-state index contributed by atoms with van der Waals surface area (Å²) in [6.07, 6.45) is 0. The lowest BCUT2D eigenvalue weighted by Gasteiger charge is -2.13. The van der Waals surface area contributed by atoms with Crippen LogP contribution in [0.25, 0.3) is 0 Å². The number of nitro groups is 1. The molecule has 0 fully saturated rings. The molecule has 0 amide bonds. The van der Waals surface area contributed by atoms with E-state index in [9.17, 15) is 10.1 Å². The van der Waals surface area contributed by atoms with Gasteiger partial charge >= 0.3 is 5.69 Å². The predicted molar refractivity (Wildman–Crippen MR) is 90.7 cm³/mol. The van der Waals surface area contributed by atoms with Crippen molar-refractivity contribution in [2.45, 2.75) is 6.92 Å². The fourth-order valence-electron chi connectivity index (χ4n) is 1.92. The fraction of sp³-hybridized carbons (Fsp3) is 0.133. The Kier molecular flexibility index (Phi) is 4.90. The van der Waals surface area contributed by atoms with Crippen molar-refractivity contribution >= 4 is 34.4 Å². The Morgan fingerprint density at radius 1 is 1.23 bits per heavy atom. The van der Waals surface area contributed by atoms with E-state index in [-0.39, 0.29) is 11.4 Å². The molecule has 2 aromatic rings. The Morgan fingerprint density at radius 2 is 1.91 bits per heavy atom. The maximum absolute atomic E-state index is 11.0.